The van der Waals surface area contributed by atoms with Gasteiger partial charge in [-0.15, -0.1) is 11.3 Å². The average Bonchev–Trinajstić information content (AvgIpc) is 2.75. The number of hydrogen-bond acceptors (Lipinski definition) is 6. The maximum absolute atomic E-state index is 11.7. The van der Waals surface area contributed by atoms with Crippen LogP contribution in [0.4, 0.5) is 11.7 Å². The number of carbonyl (C=O) groups excluding carboxylic acids is 1. The highest BCUT2D eigenvalue weighted by Crippen LogP contribution is 2.23. The molecule has 0 bridgehead atoms. The molecule has 0 spiro atoms. The number of thiophene rings is 1. The number of amides is 1. The molecule has 0 aromatic carbocycles. The lowest BCUT2D eigenvalue weighted by Crippen LogP contribution is -2.10. The molecule has 0 saturated heterocycles. The topological polar surface area (TPSA) is 94.0 Å². The van der Waals surface area contributed by atoms with E-state index in [0.717, 1.165) is 4.88 Å². The smallest absolute Gasteiger partial charge is 0.328 e. The van der Waals surface area contributed by atoms with Gasteiger partial charge in [-0.1, -0.05) is 5.16 Å². The summed E-state index contributed by atoms with van der Waals surface area (Å²) in [6.07, 6.45) is 0. The number of nitrogens with zero attached hydrogens (tertiary/aromatic N) is 2. The van der Waals surface area contributed by atoms with Crippen molar-refractivity contribution in [2.24, 2.45) is 0 Å². The first kappa shape index (κ1) is 10.6. The lowest BCUT2D eigenvalue weighted by Gasteiger charge is -1.94. The Kier molecular flexibility index (Phi) is 2.61. The van der Waals surface area contributed by atoms with Crippen molar-refractivity contribution in [3.8, 4) is 0 Å². The summed E-state index contributed by atoms with van der Waals surface area (Å²) in [4.78, 5) is 17.0. The number of nitrogens with two attached hydrogens (primary N) is 1. The summed E-state index contributed by atoms with van der Waals surface area (Å²) < 4.78 is 4.77. The van der Waals surface area contributed by atoms with Crippen LogP contribution in [0.15, 0.2) is 10.6 Å². The van der Waals surface area contributed by atoms with Crippen molar-refractivity contribution >= 4 is 28.9 Å². The van der Waals surface area contributed by atoms with E-state index < -0.39 is 0 Å². The van der Waals surface area contributed by atoms with Crippen molar-refractivity contribution in [2.45, 2.75) is 13.8 Å². The van der Waals surface area contributed by atoms with Gasteiger partial charge in [0, 0.05) is 10.6 Å². The quantitative estimate of drug-likeness (QED) is 0.828. The summed E-state index contributed by atoms with van der Waals surface area (Å²) in [6, 6.07) is 1.71. The SMILES string of the molecule is Cc1noc(NC(=O)c2cc(N)c(C)s2)n1. The molecule has 0 aliphatic rings. The molecule has 7 heteroatoms. The standard InChI is InChI=1S/C9H10N4O2S/c1-4-6(10)3-7(16-4)8(14)12-9-11-5(2)13-15-9/h3H,10H2,1-2H3,(H,11,12,13,14). The predicted octanol–water partition coefficient (Wildman–Crippen LogP) is 1.58. The second-order valence-corrected chi connectivity index (χ2v) is 4.48. The van der Waals surface area contributed by atoms with Gasteiger partial charge in [-0.05, 0) is 19.9 Å². The molecule has 0 radical (unpaired) electrons. The number of carbonyl (C=O) groups is 1. The minimum Gasteiger partial charge on any atom is -0.398 e. The van der Waals surface area contributed by atoms with Gasteiger partial charge in [0.05, 0.1) is 4.88 Å². The highest BCUT2D eigenvalue weighted by molar-refractivity contribution is 7.14. The molecule has 2 aromatic rings. The zero-order chi connectivity index (χ0) is 11.7. The van der Waals surface area contributed by atoms with Crippen molar-refractivity contribution in [3.63, 3.8) is 0 Å². The summed E-state index contributed by atoms with van der Waals surface area (Å²) in [7, 11) is 0. The fraction of sp³-hybridized carbons (Fsp3) is 0.222. The second kappa shape index (κ2) is 3.93. The van der Waals surface area contributed by atoms with Crippen molar-refractivity contribution in [1.82, 2.24) is 10.1 Å². The molecule has 0 aliphatic carbocycles. The molecule has 0 aliphatic heterocycles. The number of aryl methyl sites for hydroxylation is 2. The maximum Gasteiger partial charge on any atom is 0.328 e. The van der Waals surface area contributed by atoms with Crippen LogP contribution in [-0.4, -0.2) is 16.0 Å². The van der Waals surface area contributed by atoms with Gasteiger partial charge in [-0.25, -0.2) is 0 Å². The Morgan fingerprint density at radius 3 is 2.81 bits per heavy atom. The largest absolute Gasteiger partial charge is 0.398 e. The van der Waals surface area contributed by atoms with Crippen LogP contribution < -0.4 is 11.1 Å². The normalized spacial score (nSPS) is 10.4. The zero-order valence-corrected chi connectivity index (χ0v) is 9.59. The van der Waals surface area contributed by atoms with E-state index in [-0.39, 0.29) is 11.9 Å². The van der Waals surface area contributed by atoms with Gasteiger partial charge in [0.2, 0.25) is 0 Å². The lowest BCUT2D eigenvalue weighted by molar-refractivity contribution is 0.102. The van der Waals surface area contributed by atoms with Gasteiger partial charge in [0.25, 0.3) is 5.91 Å². The minimum absolute atomic E-state index is 0.0899. The lowest BCUT2D eigenvalue weighted by atomic mass is 10.3. The summed E-state index contributed by atoms with van der Waals surface area (Å²) in [5, 5.41) is 6.06. The van der Waals surface area contributed by atoms with Crippen LogP contribution in [0.1, 0.15) is 20.4 Å². The first-order chi connectivity index (χ1) is 7.56. The van der Waals surface area contributed by atoms with E-state index in [2.05, 4.69) is 15.5 Å². The Balaban J connectivity index is 2.14. The second-order valence-electron chi connectivity index (χ2n) is 3.22. The number of nitrogen functional groups attached to an aromatic ring is 1. The van der Waals surface area contributed by atoms with Crippen LogP contribution in [0.3, 0.4) is 0 Å². The molecular weight excluding hydrogens is 228 g/mol. The van der Waals surface area contributed by atoms with Crippen LogP contribution >= 0.6 is 11.3 Å². The Bertz CT molecular complexity index is 512. The Hall–Kier alpha value is -1.89. The van der Waals surface area contributed by atoms with Gasteiger partial charge in [0.15, 0.2) is 5.82 Å². The summed E-state index contributed by atoms with van der Waals surface area (Å²) >= 11 is 1.32. The van der Waals surface area contributed by atoms with E-state index in [9.17, 15) is 4.79 Å². The molecule has 3 N–H and O–H groups in total. The number of rotatable bonds is 2. The van der Waals surface area contributed by atoms with E-state index in [1.807, 2.05) is 6.92 Å². The van der Waals surface area contributed by atoms with Crippen LogP contribution in [0.5, 0.6) is 0 Å². The molecular formula is C9H10N4O2S. The average molecular weight is 238 g/mol. The van der Waals surface area contributed by atoms with E-state index in [1.165, 1.54) is 11.3 Å². The summed E-state index contributed by atoms with van der Waals surface area (Å²) in [5.74, 6) is 0.172. The maximum atomic E-state index is 11.7. The molecule has 2 heterocycles. The van der Waals surface area contributed by atoms with E-state index >= 15 is 0 Å². The first-order valence-corrected chi connectivity index (χ1v) is 5.35. The predicted molar refractivity (Wildman–Crippen MR) is 60.5 cm³/mol. The Morgan fingerprint density at radius 1 is 1.56 bits per heavy atom. The summed E-state index contributed by atoms with van der Waals surface area (Å²) in [5.41, 5.74) is 6.26. The third kappa shape index (κ3) is 2.03. The van der Waals surface area contributed by atoms with Gasteiger partial charge in [0.1, 0.15) is 0 Å². The van der Waals surface area contributed by atoms with Crippen LogP contribution in [0, 0.1) is 13.8 Å². The number of aromatic nitrogens is 2. The number of nitrogens with one attached hydrogen (secondary N) is 1. The molecule has 2 aromatic heterocycles. The highest BCUT2D eigenvalue weighted by atomic mass is 32.1. The van der Waals surface area contributed by atoms with E-state index in [1.54, 1.807) is 13.0 Å². The molecule has 2 rings (SSSR count). The van der Waals surface area contributed by atoms with Crippen molar-refractivity contribution in [3.05, 3.63) is 21.6 Å². The Morgan fingerprint density at radius 2 is 2.31 bits per heavy atom. The van der Waals surface area contributed by atoms with E-state index in [4.69, 9.17) is 10.3 Å². The van der Waals surface area contributed by atoms with Crippen LogP contribution in [-0.2, 0) is 0 Å². The van der Waals surface area contributed by atoms with Crippen molar-refractivity contribution in [2.75, 3.05) is 11.1 Å². The van der Waals surface area contributed by atoms with Crippen molar-refractivity contribution < 1.29 is 9.32 Å². The molecule has 0 fully saturated rings. The zero-order valence-electron chi connectivity index (χ0n) is 8.77. The van der Waals surface area contributed by atoms with Gasteiger partial charge >= 0.3 is 6.01 Å². The molecule has 84 valence electrons. The van der Waals surface area contributed by atoms with Crippen LogP contribution in [0.2, 0.25) is 0 Å². The molecule has 0 atom stereocenters. The van der Waals surface area contributed by atoms with Crippen molar-refractivity contribution in [1.29, 1.82) is 0 Å². The van der Waals surface area contributed by atoms with Gasteiger partial charge < -0.3 is 10.3 Å². The summed E-state index contributed by atoms with van der Waals surface area (Å²) in [6.45, 7) is 3.53. The molecule has 6 nitrogen and oxygen atoms in total. The number of anilines is 2. The van der Waals surface area contributed by atoms with Gasteiger partial charge in [-0.2, -0.15) is 4.98 Å². The fourth-order valence-corrected chi connectivity index (χ4v) is 1.95. The molecule has 0 saturated carbocycles. The third-order valence-electron chi connectivity index (χ3n) is 1.93. The third-order valence-corrected chi connectivity index (χ3v) is 2.99. The fourth-order valence-electron chi connectivity index (χ4n) is 1.11. The monoisotopic (exact) mass is 238 g/mol. The molecule has 16 heavy (non-hydrogen) atoms. The minimum atomic E-state index is -0.298. The van der Waals surface area contributed by atoms with Crippen LogP contribution in [0.25, 0.3) is 0 Å². The van der Waals surface area contributed by atoms with Gasteiger partial charge in [-0.3, -0.25) is 10.1 Å². The highest BCUT2D eigenvalue weighted by Gasteiger charge is 2.13. The Labute approximate surface area is 95.5 Å². The molecule has 0 unspecified atom stereocenters. The first-order valence-electron chi connectivity index (χ1n) is 4.54. The van der Waals surface area contributed by atoms with E-state index in [0.29, 0.717) is 16.4 Å². The molecule has 1 amide bonds. The number of hydrogen-bond donors (Lipinski definition) is 2.